The number of rotatable bonds is 2. The monoisotopic (exact) mass is 315 g/mol. The Hall–Kier alpha value is -1.29. The third kappa shape index (κ3) is 2.84. The summed E-state index contributed by atoms with van der Waals surface area (Å²) in [5.74, 6) is -0.557. The van der Waals surface area contributed by atoms with Crippen LogP contribution in [0.5, 0.6) is 0 Å². The maximum absolute atomic E-state index is 11.8. The first kappa shape index (κ1) is 14.1. The molecule has 0 fully saturated rings. The second-order valence-electron chi connectivity index (χ2n) is 3.66. The number of methoxy groups -OCH3 is 1. The normalized spacial score (nSPS) is 10.3. The minimum Gasteiger partial charge on any atom is -0.465 e. The molecule has 6 heteroatoms. The van der Waals surface area contributed by atoms with Crippen molar-refractivity contribution in [2.45, 2.75) is 0 Å². The molecule has 0 aliphatic rings. The zero-order valence-electron chi connectivity index (χ0n) is 9.78. The van der Waals surface area contributed by atoms with Gasteiger partial charge in [-0.15, -0.1) is 0 Å². The first-order valence-electron chi connectivity index (χ1n) is 5.22. The molecular weight excluding hydrogens is 309 g/mol. The molecule has 2 aromatic rings. The number of carbonyl (C=O) groups excluding carboxylic acids is 1. The molecule has 19 heavy (non-hydrogen) atoms. The van der Waals surface area contributed by atoms with Crippen molar-refractivity contribution in [2.24, 2.45) is 0 Å². The fraction of sp³-hybridized carbons (Fsp3) is 0.0769. The fourth-order valence-corrected chi connectivity index (χ4v) is 2.28. The topological polar surface area (TPSA) is 39.2 Å². The van der Waals surface area contributed by atoms with Crippen LogP contribution in [0.1, 0.15) is 10.4 Å². The van der Waals surface area contributed by atoms with Crippen LogP contribution in [0.3, 0.4) is 0 Å². The minimum absolute atomic E-state index is 0.195. The van der Waals surface area contributed by atoms with E-state index in [1.165, 1.54) is 19.5 Å². The van der Waals surface area contributed by atoms with Crippen LogP contribution in [0.4, 0.5) is 0 Å². The number of halogens is 3. The van der Waals surface area contributed by atoms with E-state index in [4.69, 9.17) is 39.5 Å². The van der Waals surface area contributed by atoms with E-state index >= 15 is 0 Å². The van der Waals surface area contributed by atoms with Gasteiger partial charge in [0.25, 0.3) is 0 Å². The molecule has 0 bridgehead atoms. The number of pyridine rings is 1. The Morgan fingerprint density at radius 3 is 2.53 bits per heavy atom. The van der Waals surface area contributed by atoms with Gasteiger partial charge in [-0.1, -0.05) is 34.8 Å². The van der Waals surface area contributed by atoms with Crippen molar-refractivity contribution in [3.8, 4) is 11.1 Å². The predicted octanol–water partition coefficient (Wildman–Crippen LogP) is 4.50. The van der Waals surface area contributed by atoms with Gasteiger partial charge in [-0.2, -0.15) is 0 Å². The number of benzene rings is 1. The Labute approximate surface area is 125 Å². The fourth-order valence-electron chi connectivity index (χ4n) is 1.65. The van der Waals surface area contributed by atoms with Crippen LogP contribution < -0.4 is 0 Å². The average molecular weight is 317 g/mol. The zero-order valence-corrected chi connectivity index (χ0v) is 12.1. The minimum atomic E-state index is -0.557. The smallest absolute Gasteiger partial charge is 0.340 e. The number of hydrogen-bond donors (Lipinski definition) is 0. The van der Waals surface area contributed by atoms with E-state index in [0.29, 0.717) is 21.2 Å². The van der Waals surface area contributed by atoms with Gasteiger partial charge in [0.15, 0.2) is 0 Å². The zero-order chi connectivity index (χ0) is 14.0. The van der Waals surface area contributed by atoms with Crippen LogP contribution in [0.2, 0.25) is 15.1 Å². The molecule has 0 amide bonds. The van der Waals surface area contributed by atoms with Crippen molar-refractivity contribution in [3.63, 3.8) is 0 Å². The van der Waals surface area contributed by atoms with E-state index in [-0.39, 0.29) is 10.6 Å². The van der Waals surface area contributed by atoms with Crippen molar-refractivity contribution in [1.29, 1.82) is 0 Å². The number of esters is 1. The molecule has 3 nitrogen and oxygen atoms in total. The van der Waals surface area contributed by atoms with Crippen molar-refractivity contribution in [2.75, 3.05) is 7.11 Å². The molecule has 0 atom stereocenters. The molecule has 0 aliphatic carbocycles. The number of hydrogen-bond acceptors (Lipinski definition) is 3. The first-order chi connectivity index (χ1) is 9.04. The third-order valence-electron chi connectivity index (χ3n) is 2.51. The molecule has 0 saturated heterocycles. The van der Waals surface area contributed by atoms with Gasteiger partial charge in [0.2, 0.25) is 0 Å². The summed E-state index contributed by atoms with van der Waals surface area (Å²) in [4.78, 5) is 15.8. The Bertz CT molecular complexity index is 644. The molecule has 0 spiro atoms. The number of carbonyl (C=O) groups is 1. The third-order valence-corrected chi connectivity index (χ3v) is 3.36. The highest BCUT2D eigenvalue weighted by molar-refractivity contribution is 6.37. The van der Waals surface area contributed by atoms with Crippen LogP contribution in [0.25, 0.3) is 11.1 Å². The van der Waals surface area contributed by atoms with Gasteiger partial charge >= 0.3 is 5.97 Å². The quantitative estimate of drug-likeness (QED) is 0.766. The highest BCUT2D eigenvalue weighted by Gasteiger charge is 2.19. The maximum Gasteiger partial charge on any atom is 0.340 e. The van der Waals surface area contributed by atoms with Gasteiger partial charge in [-0.05, 0) is 18.2 Å². The number of aromatic nitrogens is 1. The highest BCUT2D eigenvalue weighted by Crippen LogP contribution is 2.35. The second-order valence-corrected chi connectivity index (χ2v) is 4.91. The van der Waals surface area contributed by atoms with E-state index < -0.39 is 5.97 Å². The SMILES string of the molecule is COC(=O)c1c(Cl)cncc1-c1cc(Cl)ccc1Cl. The Morgan fingerprint density at radius 2 is 1.84 bits per heavy atom. The predicted molar refractivity (Wildman–Crippen MR) is 76.0 cm³/mol. The summed E-state index contributed by atoms with van der Waals surface area (Å²) in [6, 6.07) is 4.94. The van der Waals surface area contributed by atoms with Gasteiger partial charge in [0.05, 0.1) is 17.7 Å². The Balaban J connectivity index is 2.72. The lowest BCUT2D eigenvalue weighted by Gasteiger charge is -2.11. The molecule has 1 aromatic heterocycles. The lowest BCUT2D eigenvalue weighted by Crippen LogP contribution is -2.05. The molecule has 0 saturated carbocycles. The number of ether oxygens (including phenoxy) is 1. The largest absolute Gasteiger partial charge is 0.465 e. The number of nitrogens with zero attached hydrogens (tertiary/aromatic N) is 1. The maximum atomic E-state index is 11.8. The molecule has 0 radical (unpaired) electrons. The van der Waals surface area contributed by atoms with Crippen molar-refractivity contribution in [3.05, 3.63) is 51.2 Å². The summed E-state index contributed by atoms with van der Waals surface area (Å²) >= 11 is 18.1. The molecule has 1 aromatic carbocycles. The summed E-state index contributed by atoms with van der Waals surface area (Å²) in [5.41, 5.74) is 1.26. The Morgan fingerprint density at radius 1 is 1.11 bits per heavy atom. The summed E-state index contributed by atoms with van der Waals surface area (Å²) in [6.45, 7) is 0. The molecule has 0 aliphatic heterocycles. The standard InChI is InChI=1S/C13H8Cl3NO2/c1-19-13(18)12-9(5-17-6-11(12)16)8-4-7(14)2-3-10(8)15/h2-6H,1H3. The molecule has 2 rings (SSSR count). The van der Waals surface area contributed by atoms with Gasteiger partial charge in [-0.25, -0.2) is 4.79 Å². The van der Waals surface area contributed by atoms with Crippen LogP contribution in [0.15, 0.2) is 30.6 Å². The van der Waals surface area contributed by atoms with E-state index in [1.807, 2.05) is 0 Å². The molecular formula is C13H8Cl3NO2. The van der Waals surface area contributed by atoms with Crippen LogP contribution in [-0.2, 0) is 4.74 Å². The van der Waals surface area contributed by atoms with Crippen LogP contribution in [-0.4, -0.2) is 18.1 Å². The Kier molecular flexibility index (Phi) is 4.30. The first-order valence-corrected chi connectivity index (χ1v) is 6.35. The molecule has 0 N–H and O–H groups in total. The van der Waals surface area contributed by atoms with E-state index in [0.717, 1.165) is 0 Å². The van der Waals surface area contributed by atoms with Gasteiger partial charge in [0.1, 0.15) is 0 Å². The van der Waals surface area contributed by atoms with E-state index in [2.05, 4.69) is 4.98 Å². The van der Waals surface area contributed by atoms with Crippen molar-refractivity contribution >= 4 is 40.8 Å². The average Bonchev–Trinajstić information content (AvgIpc) is 2.40. The van der Waals surface area contributed by atoms with Gasteiger partial charge in [0, 0.05) is 33.6 Å². The van der Waals surface area contributed by atoms with Gasteiger partial charge in [-0.3, -0.25) is 4.98 Å². The van der Waals surface area contributed by atoms with Crippen molar-refractivity contribution in [1.82, 2.24) is 4.98 Å². The molecule has 0 unspecified atom stereocenters. The van der Waals surface area contributed by atoms with Crippen LogP contribution in [0, 0.1) is 0 Å². The van der Waals surface area contributed by atoms with E-state index in [9.17, 15) is 4.79 Å². The summed E-state index contributed by atoms with van der Waals surface area (Å²) < 4.78 is 4.72. The molecule has 98 valence electrons. The van der Waals surface area contributed by atoms with Crippen molar-refractivity contribution < 1.29 is 9.53 Å². The molecule has 1 heterocycles. The lowest BCUT2D eigenvalue weighted by molar-refractivity contribution is 0.0601. The lowest BCUT2D eigenvalue weighted by atomic mass is 10.0. The van der Waals surface area contributed by atoms with Gasteiger partial charge < -0.3 is 4.74 Å². The summed E-state index contributed by atoms with van der Waals surface area (Å²) in [5, 5.41) is 1.13. The highest BCUT2D eigenvalue weighted by atomic mass is 35.5. The van der Waals surface area contributed by atoms with E-state index in [1.54, 1.807) is 18.2 Å². The van der Waals surface area contributed by atoms with Crippen LogP contribution >= 0.6 is 34.8 Å². The second kappa shape index (κ2) is 5.78. The summed E-state index contributed by atoms with van der Waals surface area (Å²) in [6.07, 6.45) is 2.87. The summed E-state index contributed by atoms with van der Waals surface area (Å²) in [7, 11) is 1.28.